The van der Waals surface area contributed by atoms with Crippen LogP contribution in [0.15, 0.2) is 40.8 Å². The first-order valence-corrected chi connectivity index (χ1v) is 8.81. The molecule has 0 unspecified atom stereocenters. The van der Waals surface area contributed by atoms with Crippen molar-refractivity contribution >= 4 is 32.6 Å². The van der Waals surface area contributed by atoms with Crippen LogP contribution in [0.2, 0.25) is 0 Å². The van der Waals surface area contributed by atoms with Crippen LogP contribution in [0.3, 0.4) is 0 Å². The van der Waals surface area contributed by atoms with Gasteiger partial charge in [-0.2, -0.15) is 0 Å². The Morgan fingerprint density at radius 3 is 2.40 bits per heavy atom. The Labute approximate surface area is 141 Å². The number of phenols is 1. The second kappa shape index (κ2) is 5.78. The van der Waals surface area contributed by atoms with Crippen molar-refractivity contribution < 1.29 is 32.2 Å². The number of hydrogen-bond acceptors (Lipinski definition) is 5. The molecule has 2 aromatic carbocycles. The Balaban J connectivity index is 2.26. The fourth-order valence-corrected chi connectivity index (χ4v) is 2.99. The lowest BCUT2D eigenvalue weighted by molar-refractivity contribution is 0.0699. The molecule has 0 radical (unpaired) electrons. The SMILES string of the molecule is CS(=O)(=O)Nc1cc2oc(-c3ccc(F)cc3)c(C(=O)O)c2cc1O. The molecule has 0 saturated carbocycles. The highest BCUT2D eigenvalue weighted by Gasteiger charge is 2.23. The van der Waals surface area contributed by atoms with Gasteiger partial charge in [-0.15, -0.1) is 0 Å². The highest BCUT2D eigenvalue weighted by Crippen LogP contribution is 2.38. The average molecular weight is 365 g/mol. The van der Waals surface area contributed by atoms with Crippen molar-refractivity contribution in [1.29, 1.82) is 0 Å². The molecule has 0 aliphatic rings. The van der Waals surface area contributed by atoms with E-state index in [-0.39, 0.29) is 28.0 Å². The number of rotatable bonds is 4. The lowest BCUT2D eigenvalue weighted by Crippen LogP contribution is -2.09. The number of anilines is 1. The number of carboxylic acid groups (broad SMARTS) is 1. The minimum absolute atomic E-state index is 0.0293. The molecule has 3 N–H and O–H groups in total. The summed E-state index contributed by atoms with van der Waals surface area (Å²) in [7, 11) is -3.65. The summed E-state index contributed by atoms with van der Waals surface area (Å²) in [4.78, 5) is 11.6. The van der Waals surface area contributed by atoms with Crippen LogP contribution in [-0.2, 0) is 10.0 Å². The Bertz CT molecular complexity index is 1090. The van der Waals surface area contributed by atoms with Gasteiger partial charge in [0.2, 0.25) is 10.0 Å². The topological polar surface area (TPSA) is 117 Å². The summed E-state index contributed by atoms with van der Waals surface area (Å²) in [6.07, 6.45) is 0.908. The molecule has 130 valence electrons. The lowest BCUT2D eigenvalue weighted by Gasteiger charge is -2.06. The number of aromatic hydroxyl groups is 1. The fourth-order valence-electron chi connectivity index (χ4n) is 2.43. The van der Waals surface area contributed by atoms with Gasteiger partial charge >= 0.3 is 5.97 Å². The molecule has 3 rings (SSSR count). The maximum absolute atomic E-state index is 13.1. The number of phenolic OH excluding ortho intramolecular Hbond substituents is 1. The molecule has 0 aliphatic heterocycles. The molecule has 0 bridgehead atoms. The number of benzene rings is 2. The van der Waals surface area contributed by atoms with Gasteiger partial charge in [-0.1, -0.05) is 0 Å². The quantitative estimate of drug-likeness (QED) is 0.612. The minimum atomic E-state index is -3.65. The number of halogens is 1. The van der Waals surface area contributed by atoms with Crippen LogP contribution < -0.4 is 4.72 Å². The summed E-state index contributed by atoms with van der Waals surface area (Å²) in [6, 6.07) is 7.31. The molecule has 0 atom stereocenters. The maximum Gasteiger partial charge on any atom is 0.340 e. The zero-order chi connectivity index (χ0) is 18.4. The minimum Gasteiger partial charge on any atom is -0.506 e. The van der Waals surface area contributed by atoms with E-state index >= 15 is 0 Å². The van der Waals surface area contributed by atoms with Crippen LogP contribution in [0.4, 0.5) is 10.1 Å². The first-order valence-electron chi connectivity index (χ1n) is 6.92. The molecule has 0 aliphatic carbocycles. The number of sulfonamides is 1. The van der Waals surface area contributed by atoms with E-state index in [9.17, 15) is 27.8 Å². The number of aromatic carboxylic acids is 1. The number of nitrogens with one attached hydrogen (secondary N) is 1. The fraction of sp³-hybridized carbons (Fsp3) is 0.0625. The maximum atomic E-state index is 13.1. The zero-order valence-corrected chi connectivity index (χ0v) is 13.6. The van der Waals surface area contributed by atoms with Crippen molar-refractivity contribution in [2.24, 2.45) is 0 Å². The molecule has 1 heterocycles. The number of carbonyl (C=O) groups is 1. The van der Waals surface area contributed by atoms with Gasteiger partial charge in [-0.25, -0.2) is 17.6 Å². The summed E-state index contributed by atoms with van der Waals surface area (Å²) in [5.74, 6) is -2.28. The van der Waals surface area contributed by atoms with Crippen LogP contribution in [0, 0.1) is 5.82 Å². The van der Waals surface area contributed by atoms with E-state index in [0.29, 0.717) is 5.56 Å². The van der Waals surface area contributed by atoms with Gasteiger partial charge < -0.3 is 14.6 Å². The molecule has 25 heavy (non-hydrogen) atoms. The molecular formula is C16H12FNO6S. The van der Waals surface area contributed by atoms with Crippen molar-refractivity contribution in [2.45, 2.75) is 0 Å². The summed E-state index contributed by atoms with van der Waals surface area (Å²) in [5.41, 5.74) is 0.0157. The van der Waals surface area contributed by atoms with E-state index < -0.39 is 27.6 Å². The van der Waals surface area contributed by atoms with Gasteiger partial charge in [0, 0.05) is 17.0 Å². The average Bonchev–Trinajstić information content (AvgIpc) is 2.85. The van der Waals surface area contributed by atoms with E-state index in [0.717, 1.165) is 24.5 Å². The Morgan fingerprint density at radius 1 is 1.20 bits per heavy atom. The van der Waals surface area contributed by atoms with Crippen molar-refractivity contribution in [3.05, 3.63) is 47.8 Å². The second-order valence-electron chi connectivity index (χ2n) is 5.36. The first kappa shape index (κ1) is 16.8. The lowest BCUT2D eigenvalue weighted by atomic mass is 10.1. The first-order chi connectivity index (χ1) is 11.7. The van der Waals surface area contributed by atoms with Crippen molar-refractivity contribution in [2.75, 3.05) is 11.0 Å². The third kappa shape index (κ3) is 3.26. The van der Waals surface area contributed by atoms with Gasteiger partial charge in [0.1, 0.15) is 28.5 Å². The van der Waals surface area contributed by atoms with Crippen molar-refractivity contribution in [1.82, 2.24) is 0 Å². The Hall–Kier alpha value is -3.07. The molecular weight excluding hydrogens is 353 g/mol. The van der Waals surface area contributed by atoms with Crippen molar-refractivity contribution in [3.63, 3.8) is 0 Å². The van der Waals surface area contributed by atoms with Crippen LogP contribution in [-0.4, -0.2) is 30.9 Å². The van der Waals surface area contributed by atoms with E-state index in [1.165, 1.54) is 18.2 Å². The van der Waals surface area contributed by atoms with Crippen LogP contribution in [0.25, 0.3) is 22.3 Å². The normalized spacial score (nSPS) is 11.6. The van der Waals surface area contributed by atoms with E-state index in [1.54, 1.807) is 0 Å². The standard InChI is InChI=1S/C16H12FNO6S/c1-25(22,23)18-11-7-13-10(6-12(11)19)14(16(20)21)15(24-13)8-2-4-9(17)5-3-8/h2-7,18-19H,1H3,(H,20,21). The number of furan rings is 1. The second-order valence-corrected chi connectivity index (χ2v) is 7.11. The van der Waals surface area contributed by atoms with Gasteiger partial charge in [0.25, 0.3) is 0 Å². The molecule has 0 fully saturated rings. The summed E-state index contributed by atoms with van der Waals surface area (Å²) < 4.78 is 43.4. The number of hydrogen-bond donors (Lipinski definition) is 3. The zero-order valence-electron chi connectivity index (χ0n) is 12.8. The summed E-state index contributed by atoms with van der Waals surface area (Å²) in [5, 5.41) is 19.6. The Kier molecular flexibility index (Phi) is 3.88. The molecule has 0 amide bonds. The highest BCUT2D eigenvalue weighted by molar-refractivity contribution is 7.92. The van der Waals surface area contributed by atoms with Gasteiger partial charge in [-0.05, 0) is 30.3 Å². The van der Waals surface area contributed by atoms with E-state index in [4.69, 9.17) is 4.42 Å². The van der Waals surface area contributed by atoms with Gasteiger partial charge in [0.05, 0.1) is 11.9 Å². The highest BCUT2D eigenvalue weighted by atomic mass is 32.2. The largest absolute Gasteiger partial charge is 0.506 e. The molecule has 0 saturated heterocycles. The molecule has 0 spiro atoms. The predicted octanol–water partition coefficient (Wildman–Crippen LogP) is 3.01. The molecule has 3 aromatic rings. The van der Waals surface area contributed by atoms with Crippen LogP contribution in [0.1, 0.15) is 10.4 Å². The third-order valence-electron chi connectivity index (χ3n) is 3.42. The van der Waals surface area contributed by atoms with Gasteiger partial charge in [0.15, 0.2) is 0 Å². The summed E-state index contributed by atoms with van der Waals surface area (Å²) in [6.45, 7) is 0. The predicted molar refractivity (Wildman–Crippen MR) is 88.7 cm³/mol. The van der Waals surface area contributed by atoms with E-state index in [1.807, 2.05) is 0 Å². The number of carboxylic acids is 1. The smallest absolute Gasteiger partial charge is 0.340 e. The van der Waals surface area contributed by atoms with Crippen LogP contribution >= 0.6 is 0 Å². The van der Waals surface area contributed by atoms with E-state index in [2.05, 4.69) is 4.72 Å². The molecule has 1 aromatic heterocycles. The summed E-state index contributed by atoms with van der Waals surface area (Å²) >= 11 is 0. The van der Waals surface area contributed by atoms with Crippen molar-refractivity contribution in [3.8, 4) is 17.1 Å². The van der Waals surface area contributed by atoms with Crippen LogP contribution in [0.5, 0.6) is 5.75 Å². The molecule has 7 nitrogen and oxygen atoms in total. The van der Waals surface area contributed by atoms with Gasteiger partial charge in [-0.3, -0.25) is 4.72 Å². The third-order valence-corrected chi connectivity index (χ3v) is 4.01. The monoisotopic (exact) mass is 365 g/mol. The molecule has 9 heteroatoms. The number of fused-ring (bicyclic) bond motifs is 1. The Morgan fingerprint density at radius 2 is 1.84 bits per heavy atom.